The van der Waals surface area contributed by atoms with Gasteiger partial charge in [-0.05, 0) is 72.9 Å². The number of hydrogen-bond donors (Lipinski definition) is 3. The fraction of sp³-hybridized carbons (Fsp3) is 0.444. The number of allylic oxidation sites excluding steroid dienone is 2. The summed E-state index contributed by atoms with van der Waals surface area (Å²) in [4.78, 5) is 19.2. The summed E-state index contributed by atoms with van der Waals surface area (Å²) in [6.45, 7) is 0.972. The van der Waals surface area contributed by atoms with Crippen molar-refractivity contribution in [2.45, 2.75) is 50.8 Å². The summed E-state index contributed by atoms with van der Waals surface area (Å²) in [7, 11) is 0. The zero-order chi connectivity index (χ0) is 28.2. The Labute approximate surface area is 228 Å². The number of halogens is 4. The maximum absolute atomic E-state index is 14.4. The first-order valence-electron chi connectivity index (χ1n) is 12.6. The van der Waals surface area contributed by atoms with Crippen LogP contribution < -0.4 is 16.2 Å². The van der Waals surface area contributed by atoms with Crippen LogP contribution in [0.25, 0.3) is 11.1 Å². The number of alkyl halides is 3. The number of hydrogen-bond acceptors (Lipinski definition) is 7. The van der Waals surface area contributed by atoms with E-state index in [2.05, 4.69) is 9.97 Å². The van der Waals surface area contributed by atoms with Crippen LogP contribution in [0.1, 0.15) is 61.4 Å². The molecule has 0 radical (unpaired) electrons. The lowest BCUT2D eigenvalue weighted by Crippen LogP contribution is -2.32. The fourth-order valence-electron chi connectivity index (χ4n) is 4.94. The van der Waals surface area contributed by atoms with Gasteiger partial charge in [0.05, 0.1) is 18.9 Å². The van der Waals surface area contributed by atoms with Crippen LogP contribution in [0.4, 0.5) is 19.1 Å². The number of anilines is 1. The number of ether oxygens (including phenoxy) is 2. The minimum absolute atomic E-state index is 0.00730. The van der Waals surface area contributed by atoms with Crippen molar-refractivity contribution in [2.24, 2.45) is 11.1 Å². The first-order valence-corrected chi connectivity index (χ1v) is 12.9. The van der Waals surface area contributed by atoms with Crippen LogP contribution in [-0.2, 0) is 9.53 Å². The number of aliphatic carboxylic acids is 1. The van der Waals surface area contributed by atoms with Crippen molar-refractivity contribution >= 4 is 34.7 Å². The summed E-state index contributed by atoms with van der Waals surface area (Å²) in [6.07, 6.45) is -0.773. The highest BCUT2D eigenvalue weighted by molar-refractivity contribution is 6.30. The van der Waals surface area contributed by atoms with E-state index < -0.39 is 18.2 Å². The number of nitrogens with zero attached hydrogens (tertiary/aromatic N) is 2. The van der Waals surface area contributed by atoms with E-state index in [1.807, 2.05) is 12.2 Å². The summed E-state index contributed by atoms with van der Waals surface area (Å²) in [5.41, 5.74) is 13.4. The smallest absolute Gasteiger partial charge is 0.429 e. The lowest BCUT2D eigenvalue weighted by Gasteiger charge is -2.35. The topological polar surface area (TPSA) is 134 Å². The molecule has 4 rings (SSSR count). The SMILES string of the molecule is NCC1(CCC(=O)O)CC=C(c2cc(OC(c3ccc(Cl)cc3C3=CCCOC3)C(F)(F)F)nc(N)n2)CC1. The standard InChI is InChI=1S/C27H30ClF3N4O4/c28-18-3-4-19(20(12-18)17-2-1-11-38-14-17)24(27(29,30)31)39-22-13-21(34-25(33)35-22)16-5-8-26(15-32,9-6-16)10-7-23(36)37/h2-5,12-13,24H,1,6-11,14-15,32H2,(H,36,37)(H2,33,34,35). The number of nitrogens with two attached hydrogens (primary N) is 2. The predicted octanol–water partition coefficient (Wildman–Crippen LogP) is 5.58. The first-order chi connectivity index (χ1) is 18.5. The van der Waals surface area contributed by atoms with E-state index in [0.29, 0.717) is 62.1 Å². The van der Waals surface area contributed by atoms with Crippen molar-refractivity contribution in [3.63, 3.8) is 0 Å². The summed E-state index contributed by atoms with van der Waals surface area (Å²) in [5, 5.41) is 9.35. The minimum atomic E-state index is -4.78. The monoisotopic (exact) mass is 566 g/mol. The molecule has 0 amide bonds. The number of aromatic nitrogens is 2. The Balaban J connectivity index is 1.64. The summed E-state index contributed by atoms with van der Waals surface area (Å²) in [5.74, 6) is -1.44. The molecule has 0 spiro atoms. The van der Waals surface area contributed by atoms with Crippen molar-refractivity contribution < 1.29 is 32.5 Å². The molecule has 8 nitrogen and oxygen atoms in total. The van der Waals surface area contributed by atoms with Crippen LogP contribution in [0.15, 0.2) is 36.4 Å². The Morgan fingerprint density at radius 1 is 1.23 bits per heavy atom. The molecule has 39 heavy (non-hydrogen) atoms. The van der Waals surface area contributed by atoms with E-state index in [9.17, 15) is 18.0 Å². The fourth-order valence-corrected chi connectivity index (χ4v) is 5.11. The van der Waals surface area contributed by atoms with Crippen molar-refractivity contribution in [1.82, 2.24) is 9.97 Å². The average molecular weight is 567 g/mol. The van der Waals surface area contributed by atoms with Gasteiger partial charge in [-0.15, -0.1) is 0 Å². The lowest BCUT2D eigenvalue weighted by molar-refractivity contribution is -0.198. The van der Waals surface area contributed by atoms with Gasteiger partial charge in [-0.25, -0.2) is 4.98 Å². The van der Waals surface area contributed by atoms with Crippen LogP contribution >= 0.6 is 11.6 Å². The van der Waals surface area contributed by atoms with Gasteiger partial charge in [0.2, 0.25) is 17.9 Å². The lowest BCUT2D eigenvalue weighted by atomic mass is 9.71. The van der Waals surface area contributed by atoms with Gasteiger partial charge in [-0.1, -0.05) is 29.8 Å². The third-order valence-electron chi connectivity index (χ3n) is 7.15. The van der Waals surface area contributed by atoms with Gasteiger partial charge in [-0.2, -0.15) is 18.2 Å². The molecule has 0 fully saturated rings. The van der Waals surface area contributed by atoms with Crippen LogP contribution in [0.3, 0.4) is 0 Å². The number of carboxylic acid groups (broad SMARTS) is 1. The van der Waals surface area contributed by atoms with Crippen molar-refractivity contribution in [2.75, 3.05) is 25.5 Å². The molecule has 2 atom stereocenters. The molecule has 2 aliphatic rings. The van der Waals surface area contributed by atoms with E-state index in [-0.39, 0.29) is 40.9 Å². The first kappa shape index (κ1) is 28.8. The largest absolute Gasteiger partial charge is 0.481 e. The van der Waals surface area contributed by atoms with Gasteiger partial charge >= 0.3 is 12.1 Å². The second kappa shape index (κ2) is 11.9. The molecule has 1 aromatic heterocycles. The summed E-state index contributed by atoms with van der Waals surface area (Å²) < 4.78 is 54.1. The maximum atomic E-state index is 14.4. The number of carbonyl (C=O) groups is 1. The number of nitrogen functional groups attached to an aromatic ring is 1. The maximum Gasteiger partial charge on any atom is 0.429 e. The van der Waals surface area contributed by atoms with Gasteiger partial charge in [-0.3, -0.25) is 4.79 Å². The highest BCUT2D eigenvalue weighted by Crippen LogP contribution is 2.43. The Bertz CT molecular complexity index is 1280. The molecule has 2 heterocycles. The van der Waals surface area contributed by atoms with Gasteiger partial charge < -0.3 is 26.0 Å². The zero-order valence-corrected chi connectivity index (χ0v) is 21.9. The molecule has 2 unspecified atom stereocenters. The van der Waals surface area contributed by atoms with E-state index in [4.69, 9.17) is 37.6 Å². The molecule has 1 aromatic carbocycles. The molecule has 1 aliphatic heterocycles. The van der Waals surface area contributed by atoms with E-state index in [1.54, 1.807) is 0 Å². The molecule has 0 saturated heterocycles. The molecule has 12 heteroatoms. The van der Waals surface area contributed by atoms with Crippen LogP contribution in [0.2, 0.25) is 5.02 Å². The zero-order valence-electron chi connectivity index (χ0n) is 21.1. The number of benzene rings is 1. The summed E-state index contributed by atoms with van der Waals surface area (Å²) in [6, 6.07) is 5.49. The normalized spacial score (nSPS) is 20.6. The van der Waals surface area contributed by atoms with Gasteiger partial charge in [0.1, 0.15) is 0 Å². The number of carboxylic acids is 1. The highest BCUT2D eigenvalue weighted by atomic mass is 35.5. The van der Waals surface area contributed by atoms with E-state index >= 15 is 0 Å². The van der Waals surface area contributed by atoms with Crippen LogP contribution in [0, 0.1) is 5.41 Å². The average Bonchev–Trinajstić information content (AvgIpc) is 2.90. The molecule has 0 saturated carbocycles. The second-order valence-electron chi connectivity index (χ2n) is 9.82. The summed E-state index contributed by atoms with van der Waals surface area (Å²) >= 11 is 6.14. The Morgan fingerprint density at radius 3 is 2.64 bits per heavy atom. The van der Waals surface area contributed by atoms with E-state index in [0.717, 1.165) is 5.57 Å². The number of rotatable bonds is 9. The third-order valence-corrected chi connectivity index (χ3v) is 7.38. The molecule has 5 N–H and O–H groups in total. The van der Waals surface area contributed by atoms with Gasteiger partial charge in [0.15, 0.2) is 0 Å². The molecular formula is C27H30ClF3N4O4. The second-order valence-corrected chi connectivity index (χ2v) is 10.3. The predicted molar refractivity (Wildman–Crippen MR) is 141 cm³/mol. The molecular weight excluding hydrogens is 537 g/mol. The third kappa shape index (κ3) is 7.09. The molecule has 2 aromatic rings. The van der Waals surface area contributed by atoms with Crippen molar-refractivity contribution in [3.8, 4) is 5.88 Å². The Morgan fingerprint density at radius 2 is 2.03 bits per heavy atom. The molecule has 1 aliphatic carbocycles. The van der Waals surface area contributed by atoms with Crippen LogP contribution in [-0.4, -0.2) is 47.0 Å². The van der Waals surface area contributed by atoms with E-state index in [1.165, 1.54) is 24.3 Å². The molecule has 0 bridgehead atoms. The highest BCUT2D eigenvalue weighted by Gasteiger charge is 2.45. The molecule has 210 valence electrons. The van der Waals surface area contributed by atoms with Crippen LogP contribution in [0.5, 0.6) is 5.88 Å². The minimum Gasteiger partial charge on any atom is -0.481 e. The quantitative estimate of drug-likeness (QED) is 0.358. The Kier molecular flexibility index (Phi) is 8.83. The Hall–Kier alpha value is -3.15. The van der Waals surface area contributed by atoms with Crippen molar-refractivity contribution in [3.05, 3.63) is 58.3 Å². The van der Waals surface area contributed by atoms with Gasteiger partial charge in [0, 0.05) is 23.1 Å². The van der Waals surface area contributed by atoms with Gasteiger partial charge in [0.25, 0.3) is 0 Å². The van der Waals surface area contributed by atoms with Crippen molar-refractivity contribution in [1.29, 1.82) is 0 Å².